The molecule has 0 fully saturated rings. The van der Waals surface area contributed by atoms with E-state index in [2.05, 4.69) is 17.1 Å². The maximum atomic E-state index is 11.1. The Hall–Kier alpha value is -1.70. The van der Waals surface area contributed by atoms with Crippen LogP contribution in [0.15, 0.2) is 47.1 Å². The topological polar surface area (TPSA) is 29.4 Å². The maximum absolute atomic E-state index is 11.1. The van der Waals surface area contributed by atoms with Gasteiger partial charge < -0.3 is 0 Å². The van der Waals surface area contributed by atoms with Crippen molar-refractivity contribution in [3.05, 3.63) is 47.7 Å². The van der Waals surface area contributed by atoms with E-state index >= 15 is 0 Å². The van der Waals surface area contributed by atoms with Crippen LogP contribution in [-0.4, -0.2) is 11.5 Å². The number of aliphatic imine (C=N–C) groups is 1. The molecule has 0 bridgehead atoms. The first-order valence-electron chi connectivity index (χ1n) is 5.07. The summed E-state index contributed by atoms with van der Waals surface area (Å²) in [7, 11) is 0. The Balaban J connectivity index is 2.07. The van der Waals surface area contributed by atoms with E-state index in [0.29, 0.717) is 12.1 Å². The Bertz CT molecular complexity index is 429. The van der Waals surface area contributed by atoms with Gasteiger partial charge in [0.05, 0.1) is 5.71 Å². The number of benzene rings is 1. The predicted octanol–water partition coefficient (Wildman–Crippen LogP) is 2.55. The Kier molecular flexibility index (Phi) is 2.77. The summed E-state index contributed by atoms with van der Waals surface area (Å²) in [5, 5.41) is 0. The number of hydrogen-bond acceptors (Lipinski definition) is 2. The van der Waals surface area contributed by atoms with E-state index in [9.17, 15) is 4.79 Å². The zero-order chi connectivity index (χ0) is 10.7. The number of ketones is 1. The zero-order valence-corrected chi connectivity index (χ0v) is 8.73. The summed E-state index contributed by atoms with van der Waals surface area (Å²) in [6.45, 7) is 1.57. The summed E-state index contributed by atoms with van der Waals surface area (Å²) >= 11 is 0. The molecule has 0 atom stereocenters. The van der Waals surface area contributed by atoms with Crippen molar-refractivity contribution in [1.82, 2.24) is 0 Å². The van der Waals surface area contributed by atoms with Gasteiger partial charge in [0, 0.05) is 25.5 Å². The Morgan fingerprint density at radius 2 is 2.07 bits per heavy atom. The van der Waals surface area contributed by atoms with Crippen molar-refractivity contribution in [2.75, 3.05) is 0 Å². The number of carbonyl (C=O) groups excluding carboxylic acids is 1. The molecule has 0 aromatic heterocycles. The first-order valence-corrected chi connectivity index (χ1v) is 5.07. The standard InChI is InChI=1S/C13H13NO/c1-10(15)13-8-7-12(14-13)9-11-5-3-2-4-6-11/h2-7H,8-9H2,1H3. The second-order valence-electron chi connectivity index (χ2n) is 3.68. The second kappa shape index (κ2) is 4.22. The van der Waals surface area contributed by atoms with Crippen molar-refractivity contribution in [3.63, 3.8) is 0 Å². The molecule has 2 heteroatoms. The van der Waals surface area contributed by atoms with E-state index in [-0.39, 0.29) is 5.78 Å². The van der Waals surface area contributed by atoms with Gasteiger partial charge >= 0.3 is 0 Å². The molecule has 1 aliphatic rings. The second-order valence-corrected chi connectivity index (χ2v) is 3.68. The third-order valence-electron chi connectivity index (χ3n) is 2.44. The van der Waals surface area contributed by atoms with Gasteiger partial charge in [-0.3, -0.25) is 9.79 Å². The molecule has 76 valence electrons. The van der Waals surface area contributed by atoms with Gasteiger partial charge in [-0.2, -0.15) is 0 Å². The molecular formula is C13H13NO. The molecule has 0 saturated heterocycles. The summed E-state index contributed by atoms with van der Waals surface area (Å²) in [5.74, 6) is 0.0781. The van der Waals surface area contributed by atoms with Crippen LogP contribution in [0.2, 0.25) is 0 Å². The molecular weight excluding hydrogens is 186 g/mol. The van der Waals surface area contributed by atoms with Gasteiger partial charge in [-0.05, 0) is 5.56 Å². The minimum absolute atomic E-state index is 0.0781. The lowest BCUT2D eigenvalue weighted by Crippen LogP contribution is -2.05. The number of hydrogen-bond donors (Lipinski definition) is 0. The first-order chi connectivity index (χ1) is 7.25. The molecule has 2 nitrogen and oxygen atoms in total. The lowest BCUT2D eigenvalue weighted by atomic mass is 10.1. The lowest BCUT2D eigenvalue weighted by molar-refractivity contribution is -0.111. The lowest BCUT2D eigenvalue weighted by Gasteiger charge is -1.98. The van der Waals surface area contributed by atoms with Gasteiger partial charge in [-0.15, -0.1) is 0 Å². The minimum Gasteiger partial charge on any atom is -0.293 e. The van der Waals surface area contributed by atoms with Gasteiger partial charge in [0.2, 0.25) is 0 Å². The van der Waals surface area contributed by atoms with Crippen LogP contribution >= 0.6 is 0 Å². The molecule has 15 heavy (non-hydrogen) atoms. The molecule has 0 unspecified atom stereocenters. The average Bonchev–Trinajstić information content (AvgIpc) is 2.68. The van der Waals surface area contributed by atoms with Crippen molar-refractivity contribution in [2.24, 2.45) is 4.99 Å². The Labute approximate surface area is 89.3 Å². The fourth-order valence-corrected chi connectivity index (χ4v) is 1.62. The summed E-state index contributed by atoms with van der Waals surface area (Å²) in [5.41, 5.74) is 2.92. The van der Waals surface area contributed by atoms with Crippen LogP contribution in [0, 0.1) is 0 Å². The molecule has 1 aliphatic heterocycles. The third kappa shape index (κ3) is 2.40. The van der Waals surface area contributed by atoms with Crippen molar-refractivity contribution >= 4 is 11.5 Å². The number of nitrogens with zero attached hydrogens (tertiary/aromatic N) is 1. The SMILES string of the molecule is CC(=O)C1=NC(Cc2ccccc2)=CC1. The Morgan fingerprint density at radius 1 is 1.33 bits per heavy atom. The van der Waals surface area contributed by atoms with Crippen molar-refractivity contribution in [3.8, 4) is 0 Å². The van der Waals surface area contributed by atoms with Gasteiger partial charge in [0.1, 0.15) is 0 Å². The molecule has 0 spiro atoms. The summed E-state index contributed by atoms with van der Waals surface area (Å²) < 4.78 is 0. The number of rotatable bonds is 3. The smallest absolute Gasteiger partial charge is 0.174 e. The van der Waals surface area contributed by atoms with E-state index in [4.69, 9.17) is 0 Å². The maximum Gasteiger partial charge on any atom is 0.174 e. The molecule has 0 saturated carbocycles. The molecule has 1 heterocycles. The Morgan fingerprint density at radius 3 is 2.67 bits per heavy atom. The number of allylic oxidation sites excluding steroid dienone is 2. The average molecular weight is 199 g/mol. The summed E-state index contributed by atoms with van der Waals surface area (Å²) in [6.07, 6.45) is 3.54. The summed E-state index contributed by atoms with van der Waals surface area (Å²) in [6, 6.07) is 10.2. The van der Waals surface area contributed by atoms with Crippen molar-refractivity contribution in [2.45, 2.75) is 19.8 Å². The summed E-state index contributed by atoms with van der Waals surface area (Å²) in [4.78, 5) is 15.4. The van der Waals surface area contributed by atoms with E-state index < -0.39 is 0 Å². The highest BCUT2D eigenvalue weighted by Gasteiger charge is 2.12. The van der Waals surface area contributed by atoms with Gasteiger partial charge in [0.25, 0.3) is 0 Å². The molecule has 2 rings (SSSR count). The van der Waals surface area contributed by atoms with Crippen LogP contribution in [0.1, 0.15) is 18.9 Å². The van der Waals surface area contributed by atoms with Gasteiger partial charge in [0.15, 0.2) is 5.78 Å². The first kappa shape index (κ1) is 9.84. The molecule has 0 amide bonds. The molecule has 1 aromatic carbocycles. The monoisotopic (exact) mass is 199 g/mol. The molecule has 0 N–H and O–H groups in total. The van der Waals surface area contributed by atoms with E-state index in [0.717, 1.165) is 12.1 Å². The molecule has 1 aromatic rings. The molecule has 0 aliphatic carbocycles. The van der Waals surface area contributed by atoms with Crippen LogP contribution in [-0.2, 0) is 11.2 Å². The van der Waals surface area contributed by atoms with Gasteiger partial charge in [-0.25, -0.2) is 0 Å². The number of Topliss-reactive ketones (excluding diaryl/α,β-unsaturated/α-hetero) is 1. The van der Waals surface area contributed by atoms with Crippen molar-refractivity contribution < 1.29 is 4.79 Å². The van der Waals surface area contributed by atoms with Crippen LogP contribution in [0.5, 0.6) is 0 Å². The zero-order valence-electron chi connectivity index (χ0n) is 8.73. The molecule has 0 radical (unpaired) electrons. The predicted molar refractivity (Wildman–Crippen MR) is 61.0 cm³/mol. The van der Waals surface area contributed by atoms with Crippen molar-refractivity contribution in [1.29, 1.82) is 0 Å². The highest BCUT2D eigenvalue weighted by molar-refractivity contribution is 6.40. The normalized spacial score (nSPS) is 14.7. The minimum atomic E-state index is 0.0781. The fraction of sp³-hybridized carbons (Fsp3) is 0.231. The fourth-order valence-electron chi connectivity index (χ4n) is 1.62. The van der Waals surface area contributed by atoms with Gasteiger partial charge in [-0.1, -0.05) is 36.4 Å². The number of carbonyl (C=O) groups is 1. The van der Waals surface area contributed by atoms with Crippen LogP contribution in [0.4, 0.5) is 0 Å². The van der Waals surface area contributed by atoms with Crippen LogP contribution < -0.4 is 0 Å². The van der Waals surface area contributed by atoms with Crippen LogP contribution in [0.25, 0.3) is 0 Å². The highest BCUT2D eigenvalue weighted by atomic mass is 16.1. The largest absolute Gasteiger partial charge is 0.293 e. The van der Waals surface area contributed by atoms with E-state index in [1.807, 2.05) is 24.3 Å². The van der Waals surface area contributed by atoms with Crippen LogP contribution in [0.3, 0.4) is 0 Å². The quantitative estimate of drug-likeness (QED) is 0.735. The highest BCUT2D eigenvalue weighted by Crippen LogP contribution is 2.16. The van der Waals surface area contributed by atoms with E-state index in [1.165, 1.54) is 5.56 Å². The van der Waals surface area contributed by atoms with E-state index in [1.54, 1.807) is 6.92 Å². The third-order valence-corrected chi connectivity index (χ3v) is 2.44.